The maximum Gasteiger partial charge on any atom is 0.411 e. The first-order valence-electron chi connectivity index (χ1n) is 9.25. The Hall–Kier alpha value is -2.35. The minimum Gasteiger partial charge on any atom is -0.469 e. The van der Waals surface area contributed by atoms with E-state index in [0.717, 1.165) is 11.1 Å². The third-order valence-corrected chi connectivity index (χ3v) is 5.25. The number of ether oxygens (including phenoxy) is 2. The molecule has 0 aromatic heterocycles. The summed E-state index contributed by atoms with van der Waals surface area (Å²) in [4.78, 5) is 46.5. The molecule has 0 bridgehead atoms. The Bertz CT molecular complexity index is 725. The molecule has 0 aliphatic carbocycles. The minimum absolute atomic E-state index is 0.00888. The van der Waals surface area contributed by atoms with Crippen molar-refractivity contribution in [1.82, 2.24) is 0 Å². The fraction of sp³-hybridized carbons (Fsp3) is 0.524. The molecule has 8 heteroatoms. The molecule has 0 radical (unpaired) electrons. The van der Waals surface area contributed by atoms with Gasteiger partial charge in [-0.05, 0) is 51.0 Å². The zero-order valence-electron chi connectivity index (χ0n) is 17.6. The molecule has 0 saturated heterocycles. The van der Waals surface area contributed by atoms with Crippen LogP contribution in [0.4, 0.5) is 10.5 Å². The van der Waals surface area contributed by atoms with Gasteiger partial charge in [0.1, 0.15) is 18.2 Å². The SMILES string of the molecule is COC(=O)C(C)(C)CSCCOC(=O)Nc1cc(CC(C)=O)cc(CC(C)=O)c1. The number of benzene rings is 1. The normalized spacial score (nSPS) is 10.9. The lowest BCUT2D eigenvalue weighted by atomic mass is 9.97. The smallest absolute Gasteiger partial charge is 0.411 e. The van der Waals surface area contributed by atoms with Crippen LogP contribution in [-0.2, 0) is 36.7 Å². The molecule has 0 fully saturated rings. The Balaban J connectivity index is 2.57. The van der Waals surface area contributed by atoms with Gasteiger partial charge >= 0.3 is 12.1 Å². The van der Waals surface area contributed by atoms with Gasteiger partial charge in [0.2, 0.25) is 0 Å². The molecule has 0 aliphatic rings. The van der Waals surface area contributed by atoms with Crippen LogP contribution in [0.5, 0.6) is 0 Å². The van der Waals surface area contributed by atoms with Gasteiger partial charge in [-0.2, -0.15) is 11.8 Å². The van der Waals surface area contributed by atoms with Crippen molar-refractivity contribution in [3.05, 3.63) is 29.3 Å². The van der Waals surface area contributed by atoms with Gasteiger partial charge in [0.25, 0.3) is 0 Å². The molecular weight excluding hydrogens is 394 g/mol. The molecule has 1 aromatic carbocycles. The summed E-state index contributed by atoms with van der Waals surface area (Å²) < 4.78 is 9.92. The first-order valence-corrected chi connectivity index (χ1v) is 10.4. The van der Waals surface area contributed by atoms with Gasteiger partial charge in [0, 0.05) is 30.0 Å². The number of Topliss-reactive ketones (excluding diaryl/α,β-unsaturated/α-hetero) is 2. The van der Waals surface area contributed by atoms with E-state index >= 15 is 0 Å². The molecule has 29 heavy (non-hydrogen) atoms. The largest absolute Gasteiger partial charge is 0.469 e. The number of esters is 1. The van der Waals surface area contributed by atoms with Gasteiger partial charge in [-0.15, -0.1) is 0 Å². The van der Waals surface area contributed by atoms with Crippen molar-refractivity contribution < 1.29 is 28.7 Å². The number of amides is 1. The van der Waals surface area contributed by atoms with Crippen molar-refractivity contribution in [2.75, 3.05) is 30.5 Å². The van der Waals surface area contributed by atoms with Crippen LogP contribution >= 0.6 is 11.8 Å². The highest BCUT2D eigenvalue weighted by Gasteiger charge is 2.28. The predicted octanol–water partition coefficient (Wildman–Crippen LogP) is 3.43. The monoisotopic (exact) mass is 423 g/mol. The Labute approximate surface area is 175 Å². The van der Waals surface area contributed by atoms with Crippen LogP contribution in [0, 0.1) is 5.41 Å². The summed E-state index contributed by atoms with van der Waals surface area (Å²) in [5.41, 5.74) is 1.33. The molecule has 1 aromatic rings. The number of hydrogen-bond acceptors (Lipinski definition) is 7. The lowest BCUT2D eigenvalue weighted by molar-refractivity contribution is -0.149. The van der Waals surface area contributed by atoms with Crippen LogP contribution in [0.1, 0.15) is 38.8 Å². The fourth-order valence-corrected chi connectivity index (χ4v) is 3.60. The van der Waals surface area contributed by atoms with Gasteiger partial charge in [0.15, 0.2) is 0 Å². The van der Waals surface area contributed by atoms with Gasteiger partial charge in [-0.25, -0.2) is 4.79 Å². The van der Waals surface area contributed by atoms with Crippen LogP contribution < -0.4 is 5.32 Å². The topological polar surface area (TPSA) is 98.8 Å². The molecule has 0 spiro atoms. The highest BCUT2D eigenvalue weighted by Crippen LogP contribution is 2.23. The number of hydrogen-bond donors (Lipinski definition) is 1. The summed E-state index contributed by atoms with van der Waals surface area (Å²) in [6.07, 6.45) is -0.170. The van der Waals surface area contributed by atoms with Crippen LogP contribution in [-0.4, -0.2) is 48.9 Å². The van der Waals surface area contributed by atoms with Crippen LogP contribution in [0.2, 0.25) is 0 Å². The van der Waals surface area contributed by atoms with Gasteiger partial charge < -0.3 is 9.47 Å². The highest BCUT2D eigenvalue weighted by atomic mass is 32.2. The number of ketones is 2. The lowest BCUT2D eigenvalue weighted by Crippen LogP contribution is -2.28. The second-order valence-electron chi connectivity index (χ2n) is 7.48. The summed E-state index contributed by atoms with van der Waals surface area (Å²) in [6.45, 7) is 6.75. The fourth-order valence-electron chi connectivity index (χ4n) is 2.62. The van der Waals surface area contributed by atoms with Crippen LogP contribution in [0.15, 0.2) is 18.2 Å². The number of thioether (sulfide) groups is 1. The van der Waals surface area contributed by atoms with Gasteiger partial charge in [-0.1, -0.05) is 6.07 Å². The van der Waals surface area contributed by atoms with E-state index < -0.39 is 11.5 Å². The van der Waals surface area contributed by atoms with E-state index in [0.29, 0.717) is 17.2 Å². The van der Waals surface area contributed by atoms with E-state index in [4.69, 9.17) is 9.47 Å². The Kier molecular flexibility index (Phi) is 9.88. The average molecular weight is 424 g/mol. The molecule has 1 rings (SSSR count). The number of carbonyl (C=O) groups excluding carboxylic acids is 4. The van der Waals surface area contributed by atoms with Crippen molar-refractivity contribution in [3.63, 3.8) is 0 Å². The number of methoxy groups -OCH3 is 1. The summed E-state index contributed by atoms with van der Waals surface area (Å²) in [6, 6.07) is 5.18. The number of nitrogens with one attached hydrogen (secondary N) is 1. The molecule has 1 N–H and O–H groups in total. The van der Waals surface area contributed by atoms with Crippen molar-refractivity contribution >= 4 is 41.1 Å². The molecule has 1 amide bonds. The second kappa shape index (κ2) is 11.6. The van der Waals surface area contributed by atoms with E-state index in [1.54, 1.807) is 32.0 Å². The molecule has 0 heterocycles. The second-order valence-corrected chi connectivity index (χ2v) is 8.59. The predicted molar refractivity (Wildman–Crippen MR) is 113 cm³/mol. The maximum atomic E-state index is 12.0. The minimum atomic E-state index is -0.619. The molecule has 0 saturated carbocycles. The first-order chi connectivity index (χ1) is 13.5. The summed E-state index contributed by atoms with van der Waals surface area (Å²) >= 11 is 1.49. The van der Waals surface area contributed by atoms with Gasteiger partial charge in [0.05, 0.1) is 12.5 Å². The highest BCUT2D eigenvalue weighted by molar-refractivity contribution is 7.99. The van der Waals surface area contributed by atoms with Crippen molar-refractivity contribution in [3.8, 4) is 0 Å². The van der Waals surface area contributed by atoms with Crippen LogP contribution in [0.3, 0.4) is 0 Å². The zero-order chi connectivity index (χ0) is 22.0. The summed E-state index contributed by atoms with van der Waals surface area (Å²) in [5.74, 6) is 0.784. The van der Waals surface area contributed by atoms with E-state index in [1.807, 2.05) is 0 Å². The van der Waals surface area contributed by atoms with E-state index in [9.17, 15) is 19.2 Å². The number of rotatable bonds is 11. The number of carbonyl (C=O) groups is 4. The quantitative estimate of drug-likeness (QED) is 0.430. The molecular formula is C21H29NO6S. The van der Waals surface area contributed by atoms with E-state index in [1.165, 1.54) is 32.7 Å². The van der Waals surface area contributed by atoms with E-state index in [2.05, 4.69) is 5.32 Å². The molecule has 160 valence electrons. The van der Waals surface area contributed by atoms with E-state index in [-0.39, 0.29) is 37.0 Å². The van der Waals surface area contributed by atoms with Crippen molar-refractivity contribution in [2.24, 2.45) is 5.41 Å². The summed E-state index contributed by atoms with van der Waals surface area (Å²) in [5, 5.41) is 2.64. The Morgan fingerprint density at radius 3 is 2.03 bits per heavy atom. The first kappa shape index (κ1) is 24.7. The summed E-state index contributed by atoms with van der Waals surface area (Å²) in [7, 11) is 1.36. The third-order valence-electron chi connectivity index (χ3n) is 3.87. The molecule has 7 nitrogen and oxygen atoms in total. The van der Waals surface area contributed by atoms with Crippen LogP contribution in [0.25, 0.3) is 0 Å². The zero-order valence-corrected chi connectivity index (χ0v) is 18.4. The Morgan fingerprint density at radius 1 is 1.00 bits per heavy atom. The van der Waals surface area contributed by atoms with Crippen molar-refractivity contribution in [2.45, 2.75) is 40.5 Å². The standard InChI is InChI=1S/C21H29NO6S/c1-14(23)8-16-10-17(9-15(2)24)12-18(11-16)22-20(26)28-6-7-29-13-21(3,4)19(25)27-5/h10-12H,6-9,13H2,1-5H3,(H,22,26). The third kappa shape index (κ3) is 9.60. The molecule has 0 aliphatic heterocycles. The molecule has 0 atom stereocenters. The average Bonchev–Trinajstić information content (AvgIpc) is 2.59. The maximum absolute atomic E-state index is 12.0. The van der Waals surface area contributed by atoms with Gasteiger partial charge in [-0.3, -0.25) is 19.7 Å². The lowest BCUT2D eigenvalue weighted by Gasteiger charge is -2.20. The van der Waals surface area contributed by atoms with Crippen molar-refractivity contribution in [1.29, 1.82) is 0 Å². The number of anilines is 1. The Morgan fingerprint density at radius 2 is 1.55 bits per heavy atom. The molecule has 0 unspecified atom stereocenters.